The highest BCUT2D eigenvalue weighted by molar-refractivity contribution is 7.13. The largest absolute Gasteiger partial charge is 0.469 e. The van der Waals surface area contributed by atoms with Crippen molar-refractivity contribution in [3.05, 3.63) is 70.7 Å². The van der Waals surface area contributed by atoms with Crippen molar-refractivity contribution < 1.29 is 19.1 Å². The molecule has 0 radical (unpaired) electrons. The van der Waals surface area contributed by atoms with Gasteiger partial charge >= 0.3 is 12.0 Å². The maximum absolute atomic E-state index is 12.3. The van der Waals surface area contributed by atoms with Gasteiger partial charge in [0.15, 0.2) is 5.13 Å². The summed E-state index contributed by atoms with van der Waals surface area (Å²) in [5.41, 5.74) is 3.66. The van der Waals surface area contributed by atoms with Gasteiger partial charge in [-0.3, -0.25) is 9.59 Å². The molecule has 8 nitrogen and oxygen atoms in total. The predicted molar refractivity (Wildman–Crippen MR) is 120 cm³/mol. The Bertz CT molecular complexity index is 1080. The molecule has 3 aromatic rings. The van der Waals surface area contributed by atoms with E-state index in [4.69, 9.17) is 0 Å². The van der Waals surface area contributed by atoms with Gasteiger partial charge in [0.25, 0.3) is 0 Å². The number of carbonyl (C=O) groups is 3. The molecule has 1 heterocycles. The SMILES string of the molecule is COC(=O)Cc1csc(NC(=O)Cc2ccc(NC(=O)Nc3ccccc3C)cc2)n1. The van der Waals surface area contributed by atoms with Gasteiger partial charge in [-0.15, -0.1) is 11.3 Å². The zero-order valence-electron chi connectivity index (χ0n) is 17.1. The fourth-order valence-electron chi connectivity index (χ4n) is 2.72. The van der Waals surface area contributed by atoms with Gasteiger partial charge in [-0.05, 0) is 36.2 Å². The summed E-state index contributed by atoms with van der Waals surface area (Å²) in [6, 6.07) is 14.2. The molecule has 0 saturated carbocycles. The number of urea groups is 1. The number of anilines is 3. The average molecular weight is 439 g/mol. The van der Waals surface area contributed by atoms with Gasteiger partial charge in [-0.1, -0.05) is 30.3 Å². The number of nitrogens with one attached hydrogen (secondary N) is 3. The van der Waals surface area contributed by atoms with Crippen LogP contribution in [-0.4, -0.2) is 30.0 Å². The Morgan fingerprint density at radius 3 is 2.42 bits per heavy atom. The minimum Gasteiger partial charge on any atom is -0.469 e. The van der Waals surface area contributed by atoms with Crippen LogP contribution in [0.1, 0.15) is 16.8 Å². The number of hydrogen-bond donors (Lipinski definition) is 3. The molecule has 0 bridgehead atoms. The van der Waals surface area contributed by atoms with Crippen molar-refractivity contribution >= 4 is 45.8 Å². The first-order chi connectivity index (χ1) is 14.9. The number of rotatable bonds is 7. The average Bonchev–Trinajstić information content (AvgIpc) is 3.17. The monoisotopic (exact) mass is 438 g/mol. The molecule has 3 amide bonds. The molecular formula is C22H22N4O4S. The minimum absolute atomic E-state index is 0.0642. The fourth-order valence-corrected chi connectivity index (χ4v) is 3.44. The first kappa shape index (κ1) is 22.0. The summed E-state index contributed by atoms with van der Waals surface area (Å²) < 4.78 is 4.60. The molecule has 0 unspecified atom stereocenters. The number of para-hydroxylation sites is 1. The number of benzene rings is 2. The molecule has 0 atom stereocenters. The Morgan fingerprint density at radius 1 is 0.968 bits per heavy atom. The third-order valence-corrected chi connectivity index (χ3v) is 5.13. The smallest absolute Gasteiger partial charge is 0.323 e. The van der Waals surface area contributed by atoms with Gasteiger partial charge in [0.1, 0.15) is 0 Å². The van der Waals surface area contributed by atoms with Crippen molar-refractivity contribution in [2.45, 2.75) is 19.8 Å². The van der Waals surface area contributed by atoms with Crippen molar-refractivity contribution in [3.63, 3.8) is 0 Å². The molecule has 0 fully saturated rings. The molecule has 0 aliphatic carbocycles. The lowest BCUT2D eigenvalue weighted by atomic mass is 10.1. The number of esters is 1. The van der Waals surface area contributed by atoms with Crippen LogP contribution in [0.3, 0.4) is 0 Å². The van der Waals surface area contributed by atoms with E-state index in [1.165, 1.54) is 18.4 Å². The second-order valence-corrected chi connectivity index (χ2v) is 7.57. The van der Waals surface area contributed by atoms with Crippen molar-refractivity contribution in [2.24, 2.45) is 0 Å². The number of hydrogen-bond acceptors (Lipinski definition) is 6. The van der Waals surface area contributed by atoms with Crippen molar-refractivity contribution in [1.29, 1.82) is 0 Å². The van der Waals surface area contributed by atoms with Gasteiger partial charge in [-0.2, -0.15) is 0 Å². The van der Waals surface area contributed by atoms with Crippen LogP contribution in [0.25, 0.3) is 0 Å². The normalized spacial score (nSPS) is 10.3. The van der Waals surface area contributed by atoms with E-state index in [2.05, 4.69) is 25.7 Å². The molecule has 1 aromatic heterocycles. The van der Waals surface area contributed by atoms with Crippen LogP contribution in [0.5, 0.6) is 0 Å². The van der Waals surface area contributed by atoms with Crippen LogP contribution in [0.15, 0.2) is 53.9 Å². The van der Waals surface area contributed by atoms with Crippen molar-refractivity contribution in [2.75, 3.05) is 23.1 Å². The third kappa shape index (κ3) is 6.65. The van der Waals surface area contributed by atoms with E-state index in [-0.39, 0.29) is 30.7 Å². The molecule has 3 N–H and O–H groups in total. The summed E-state index contributed by atoms with van der Waals surface area (Å²) in [7, 11) is 1.31. The second-order valence-electron chi connectivity index (χ2n) is 6.71. The highest BCUT2D eigenvalue weighted by atomic mass is 32.1. The number of aromatic nitrogens is 1. The lowest BCUT2D eigenvalue weighted by Gasteiger charge is -2.10. The molecule has 3 rings (SSSR count). The van der Waals surface area contributed by atoms with Gasteiger partial charge in [0, 0.05) is 16.8 Å². The molecule has 9 heteroatoms. The lowest BCUT2D eigenvalue weighted by molar-refractivity contribution is -0.139. The van der Waals surface area contributed by atoms with E-state index >= 15 is 0 Å². The summed E-state index contributed by atoms with van der Waals surface area (Å²) in [6.07, 6.45) is 0.219. The molecule has 0 aliphatic rings. The summed E-state index contributed by atoms with van der Waals surface area (Å²) in [4.78, 5) is 39.9. The van der Waals surface area contributed by atoms with E-state index in [1.807, 2.05) is 31.2 Å². The van der Waals surface area contributed by atoms with Crippen LogP contribution in [0.2, 0.25) is 0 Å². The first-order valence-electron chi connectivity index (χ1n) is 9.46. The van der Waals surface area contributed by atoms with Crippen LogP contribution in [0.4, 0.5) is 21.3 Å². The van der Waals surface area contributed by atoms with Gasteiger partial charge < -0.3 is 20.7 Å². The van der Waals surface area contributed by atoms with Crippen LogP contribution in [-0.2, 0) is 27.2 Å². The number of carbonyl (C=O) groups excluding carboxylic acids is 3. The minimum atomic E-state index is -0.385. The maximum atomic E-state index is 12.3. The van der Waals surface area contributed by atoms with E-state index in [1.54, 1.807) is 29.6 Å². The molecule has 2 aromatic carbocycles. The Balaban J connectivity index is 1.49. The Kier molecular flexibility index (Phi) is 7.34. The van der Waals surface area contributed by atoms with Crippen molar-refractivity contribution in [3.8, 4) is 0 Å². The van der Waals surface area contributed by atoms with Crippen LogP contribution >= 0.6 is 11.3 Å². The Hall–Kier alpha value is -3.72. The van der Waals surface area contributed by atoms with E-state index in [9.17, 15) is 14.4 Å². The van der Waals surface area contributed by atoms with Gasteiger partial charge in [-0.25, -0.2) is 9.78 Å². The highest BCUT2D eigenvalue weighted by Crippen LogP contribution is 2.18. The summed E-state index contributed by atoms with van der Waals surface area (Å²) in [5, 5.41) is 10.4. The first-order valence-corrected chi connectivity index (χ1v) is 10.3. The van der Waals surface area contributed by atoms with Crippen LogP contribution in [0, 0.1) is 6.92 Å². The predicted octanol–water partition coefficient (Wildman–Crippen LogP) is 3.99. The van der Waals surface area contributed by atoms with E-state index in [0.29, 0.717) is 16.5 Å². The number of ether oxygens (including phenoxy) is 1. The number of amides is 3. The topological polar surface area (TPSA) is 109 Å². The zero-order chi connectivity index (χ0) is 22.2. The number of nitrogens with zero attached hydrogens (tertiary/aromatic N) is 1. The summed E-state index contributed by atoms with van der Waals surface area (Å²) in [6.45, 7) is 1.92. The lowest BCUT2D eigenvalue weighted by Crippen LogP contribution is -2.20. The maximum Gasteiger partial charge on any atom is 0.323 e. The number of aryl methyl sites for hydroxylation is 1. The van der Waals surface area contributed by atoms with Crippen molar-refractivity contribution in [1.82, 2.24) is 4.98 Å². The molecule has 0 aliphatic heterocycles. The Labute approximate surface area is 183 Å². The van der Waals surface area contributed by atoms with E-state index < -0.39 is 0 Å². The summed E-state index contributed by atoms with van der Waals surface area (Å²) in [5.74, 6) is -0.610. The van der Waals surface area contributed by atoms with Gasteiger partial charge in [0.05, 0.1) is 25.6 Å². The molecule has 0 spiro atoms. The third-order valence-electron chi connectivity index (χ3n) is 4.32. The molecular weight excluding hydrogens is 416 g/mol. The molecule has 0 saturated heterocycles. The fraction of sp³-hybridized carbons (Fsp3) is 0.182. The Morgan fingerprint density at radius 2 is 1.71 bits per heavy atom. The number of methoxy groups -OCH3 is 1. The second kappa shape index (κ2) is 10.4. The zero-order valence-corrected chi connectivity index (χ0v) is 17.9. The highest BCUT2D eigenvalue weighted by Gasteiger charge is 2.11. The van der Waals surface area contributed by atoms with Gasteiger partial charge in [0.2, 0.25) is 5.91 Å². The standard InChI is InChI=1S/C22H22N4O4S/c1-14-5-3-4-6-18(14)25-21(29)23-16-9-7-15(8-10-16)11-19(27)26-22-24-17(13-31-22)12-20(28)30-2/h3-10,13H,11-12H2,1-2H3,(H2,23,25,29)(H,24,26,27). The van der Waals surface area contributed by atoms with Crippen LogP contribution < -0.4 is 16.0 Å². The number of thiazole rings is 1. The summed E-state index contributed by atoms with van der Waals surface area (Å²) >= 11 is 1.25. The molecule has 31 heavy (non-hydrogen) atoms. The van der Waals surface area contributed by atoms with E-state index in [0.717, 1.165) is 16.8 Å². The molecule has 160 valence electrons. The quantitative estimate of drug-likeness (QED) is 0.483.